The number of amides is 1. The average Bonchev–Trinajstić information content (AvgIpc) is 2.46. The van der Waals surface area contributed by atoms with E-state index in [1.54, 1.807) is 11.0 Å². The summed E-state index contributed by atoms with van der Waals surface area (Å²) in [7, 11) is 0. The fraction of sp³-hybridized carbons (Fsp3) is 0.429. The summed E-state index contributed by atoms with van der Waals surface area (Å²) in [6, 6.07) is 7.46. The summed E-state index contributed by atoms with van der Waals surface area (Å²) in [5, 5.41) is 9.07. The number of nitrogens with zero attached hydrogens (tertiary/aromatic N) is 1. The number of carboxylic acids is 1. The molecule has 0 radical (unpaired) electrons. The van der Waals surface area contributed by atoms with Gasteiger partial charge in [-0.05, 0) is 31.2 Å². The van der Waals surface area contributed by atoms with Crippen LogP contribution in [0, 0.1) is 5.92 Å². The van der Waals surface area contributed by atoms with Crippen LogP contribution in [0.15, 0.2) is 29.2 Å². The molecule has 1 amide bonds. The van der Waals surface area contributed by atoms with Crippen LogP contribution in [0.25, 0.3) is 0 Å². The van der Waals surface area contributed by atoms with E-state index in [1.165, 1.54) is 11.8 Å². The van der Waals surface area contributed by atoms with Crippen molar-refractivity contribution < 1.29 is 14.7 Å². The number of thioether (sulfide) groups is 1. The molecular formula is C14H17NO3S. The first kappa shape index (κ1) is 13.9. The quantitative estimate of drug-likeness (QED) is 0.863. The lowest BCUT2D eigenvalue weighted by atomic mass is 9.97. The Morgan fingerprint density at radius 2 is 2.11 bits per heavy atom. The Bertz CT molecular complexity index is 489. The van der Waals surface area contributed by atoms with Crippen LogP contribution in [0.5, 0.6) is 0 Å². The monoisotopic (exact) mass is 279 g/mol. The third-order valence-electron chi connectivity index (χ3n) is 3.40. The maximum absolute atomic E-state index is 12.5. The molecule has 0 saturated carbocycles. The number of benzene rings is 1. The van der Waals surface area contributed by atoms with E-state index >= 15 is 0 Å². The van der Waals surface area contributed by atoms with E-state index in [1.807, 2.05) is 24.5 Å². The van der Waals surface area contributed by atoms with E-state index in [0.717, 1.165) is 11.3 Å². The summed E-state index contributed by atoms with van der Waals surface area (Å²) < 4.78 is 0. The highest BCUT2D eigenvalue weighted by molar-refractivity contribution is 7.98. The van der Waals surface area contributed by atoms with E-state index in [0.29, 0.717) is 25.1 Å². The molecular weight excluding hydrogens is 262 g/mol. The highest BCUT2D eigenvalue weighted by atomic mass is 32.2. The van der Waals surface area contributed by atoms with Crippen LogP contribution in [0.3, 0.4) is 0 Å². The van der Waals surface area contributed by atoms with Crippen molar-refractivity contribution in [3.63, 3.8) is 0 Å². The summed E-state index contributed by atoms with van der Waals surface area (Å²) in [5.41, 5.74) is 0.668. The molecule has 0 aromatic heterocycles. The van der Waals surface area contributed by atoms with E-state index in [2.05, 4.69) is 0 Å². The molecule has 19 heavy (non-hydrogen) atoms. The van der Waals surface area contributed by atoms with Crippen LogP contribution in [0.1, 0.15) is 23.2 Å². The highest BCUT2D eigenvalue weighted by Crippen LogP contribution is 2.24. The lowest BCUT2D eigenvalue weighted by Crippen LogP contribution is -2.42. The molecule has 4 nitrogen and oxygen atoms in total. The Labute approximate surface area is 116 Å². The zero-order valence-corrected chi connectivity index (χ0v) is 11.7. The molecule has 1 aromatic carbocycles. The van der Waals surface area contributed by atoms with Crippen LogP contribution in [-0.2, 0) is 4.79 Å². The van der Waals surface area contributed by atoms with Crippen molar-refractivity contribution in [1.82, 2.24) is 4.90 Å². The molecule has 0 bridgehead atoms. The predicted octanol–water partition coefficient (Wildman–Crippen LogP) is 2.35. The molecule has 1 aliphatic heterocycles. The summed E-state index contributed by atoms with van der Waals surface area (Å²) in [6.45, 7) is 0.961. The second-order valence-corrected chi connectivity index (χ2v) is 5.48. The Morgan fingerprint density at radius 1 is 1.37 bits per heavy atom. The fourth-order valence-electron chi connectivity index (χ4n) is 2.35. The predicted molar refractivity (Wildman–Crippen MR) is 74.5 cm³/mol. The third-order valence-corrected chi connectivity index (χ3v) is 4.19. The second kappa shape index (κ2) is 6.10. The van der Waals surface area contributed by atoms with Gasteiger partial charge >= 0.3 is 5.97 Å². The number of hydrogen-bond acceptors (Lipinski definition) is 3. The largest absolute Gasteiger partial charge is 0.481 e. The molecule has 0 aliphatic carbocycles. The highest BCUT2D eigenvalue weighted by Gasteiger charge is 2.29. The maximum atomic E-state index is 12.5. The smallest absolute Gasteiger partial charge is 0.308 e. The van der Waals surface area contributed by atoms with Crippen molar-refractivity contribution in [3.8, 4) is 0 Å². The number of piperidine rings is 1. The zero-order chi connectivity index (χ0) is 13.8. The SMILES string of the molecule is CSc1ccccc1C(=O)N1CCCC(C(=O)O)C1. The van der Waals surface area contributed by atoms with Crippen LogP contribution in [0.4, 0.5) is 0 Å². The zero-order valence-electron chi connectivity index (χ0n) is 10.8. The van der Waals surface area contributed by atoms with Gasteiger partial charge in [-0.25, -0.2) is 0 Å². The van der Waals surface area contributed by atoms with Gasteiger partial charge in [-0.15, -0.1) is 11.8 Å². The van der Waals surface area contributed by atoms with Crippen molar-refractivity contribution in [2.75, 3.05) is 19.3 Å². The van der Waals surface area contributed by atoms with Gasteiger partial charge in [0.05, 0.1) is 11.5 Å². The Balaban J connectivity index is 2.17. The molecule has 1 atom stereocenters. The molecule has 1 aromatic rings. The lowest BCUT2D eigenvalue weighted by Gasteiger charge is -2.31. The van der Waals surface area contributed by atoms with Crippen molar-refractivity contribution in [2.24, 2.45) is 5.92 Å². The van der Waals surface area contributed by atoms with Crippen molar-refractivity contribution in [1.29, 1.82) is 0 Å². The van der Waals surface area contributed by atoms with Gasteiger partial charge in [0.2, 0.25) is 0 Å². The van der Waals surface area contributed by atoms with Gasteiger partial charge < -0.3 is 10.0 Å². The molecule has 1 unspecified atom stereocenters. The number of aliphatic carboxylic acids is 1. The van der Waals surface area contributed by atoms with Gasteiger partial charge in [0.1, 0.15) is 0 Å². The van der Waals surface area contributed by atoms with Crippen molar-refractivity contribution in [3.05, 3.63) is 29.8 Å². The van der Waals surface area contributed by atoms with Crippen LogP contribution in [-0.4, -0.2) is 41.2 Å². The molecule has 1 fully saturated rings. The van der Waals surface area contributed by atoms with E-state index in [9.17, 15) is 9.59 Å². The number of carboxylic acid groups (broad SMARTS) is 1. The number of carbonyl (C=O) groups is 2. The second-order valence-electron chi connectivity index (χ2n) is 4.63. The molecule has 1 saturated heterocycles. The van der Waals surface area contributed by atoms with Gasteiger partial charge in [-0.2, -0.15) is 0 Å². The van der Waals surface area contributed by atoms with Gasteiger partial charge in [-0.1, -0.05) is 12.1 Å². The normalized spacial score (nSPS) is 19.2. The van der Waals surface area contributed by atoms with E-state index in [-0.39, 0.29) is 5.91 Å². The van der Waals surface area contributed by atoms with Gasteiger partial charge in [-0.3, -0.25) is 9.59 Å². The summed E-state index contributed by atoms with van der Waals surface area (Å²) >= 11 is 1.53. The van der Waals surface area contributed by atoms with Crippen LogP contribution >= 0.6 is 11.8 Å². The van der Waals surface area contributed by atoms with E-state index < -0.39 is 11.9 Å². The number of likely N-dealkylation sites (tertiary alicyclic amines) is 1. The summed E-state index contributed by atoms with van der Waals surface area (Å²) in [6.07, 6.45) is 3.34. The fourth-order valence-corrected chi connectivity index (χ4v) is 2.94. The Morgan fingerprint density at radius 3 is 2.79 bits per heavy atom. The van der Waals surface area contributed by atoms with E-state index in [4.69, 9.17) is 5.11 Å². The number of rotatable bonds is 3. The van der Waals surface area contributed by atoms with Crippen LogP contribution < -0.4 is 0 Å². The van der Waals surface area contributed by atoms with Gasteiger partial charge in [0, 0.05) is 18.0 Å². The minimum absolute atomic E-state index is 0.0594. The van der Waals surface area contributed by atoms with Crippen molar-refractivity contribution in [2.45, 2.75) is 17.7 Å². The average molecular weight is 279 g/mol. The molecule has 1 aliphatic rings. The lowest BCUT2D eigenvalue weighted by molar-refractivity contribution is -0.143. The molecule has 5 heteroatoms. The Hall–Kier alpha value is -1.49. The van der Waals surface area contributed by atoms with Crippen LogP contribution in [0.2, 0.25) is 0 Å². The summed E-state index contributed by atoms with van der Waals surface area (Å²) in [4.78, 5) is 26.1. The molecule has 102 valence electrons. The number of hydrogen-bond donors (Lipinski definition) is 1. The molecule has 0 spiro atoms. The first-order valence-corrected chi connectivity index (χ1v) is 7.51. The topological polar surface area (TPSA) is 57.6 Å². The number of carbonyl (C=O) groups excluding carboxylic acids is 1. The summed E-state index contributed by atoms with van der Waals surface area (Å²) in [5.74, 6) is -1.30. The Kier molecular flexibility index (Phi) is 4.47. The van der Waals surface area contributed by atoms with Gasteiger partial charge in [0.15, 0.2) is 0 Å². The van der Waals surface area contributed by atoms with Gasteiger partial charge in [0.25, 0.3) is 5.91 Å². The minimum atomic E-state index is -0.810. The molecule has 1 heterocycles. The third kappa shape index (κ3) is 3.10. The van der Waals surface area contributed by atoms with Crippen molar-refractivity contribution >= 4 is 23.6 Å². The molecule has 1 N–H and O–H groups in total. The first-order chi connectivity index (χ1) is 9.13. The molecule has 2 rings (SSSR count). The first-order valence-electron chi connectivity index (χ1n) is 6.28. The maximum Gasteiger partial charge on any atom is 0.308 e. The minimum Gasteiger partial charge on any atom is -0.481 e. The standard InChI is InChI=1S/C14H17NO3S/c1-19-12-7-3-2-6-11(12)13(16)15-8-4-5-10(9-15)14(17)18/h2-3,6-7,10H,4-5,8-9H2,1H3,(H,17,18).